The zero-order valence-corrected chi connectivity index (χ0v) is 12.1. The maximum absolute atomic E-state index is 5.36. The predicted molar refractivity (Wildman–Crippen MR) is 76.1 cm³/mol. The van der Waals surface area contributed by atoms with Crippen LogP contribution in [-0.2, 0) is 4.74 Å². The van der Waals surface area contributed by atoms with Crippen molar-refractivity contribution >= 4 is 32.4 Å². The van der Waals surface area contributed by atoms with Crippen molar-refractivity contribution in [2.75, 3.05) is 31.2 Å². The molecule has 0 bridgehead atoms. The highest BCUT2D eigenvalue weighted by atomic mass is 79.9. The van der Waals surface area contributed by atoms with Crippen molar-refractivity contribution in [2.24, 2.45) is 0 Å². The molecule has 0 amide bonds. The van der Waals surface area contributed by atoms with Crippen molar-refractivity contribution in [2.45, 2.75) is 0 Å². The van der Waals surface area contributed by atoms with Crippen LogP contribution in [-0.4, -0.2) is 36.3 Å². The Balaban J connectivity index is 1.91. The molecule has 1 aliphatic rings. The fourth-order valence-corrected chi connectivity index (χ4v) is 3.49. The first kappa shape index (κ1) is 12.1. The summed E-state index contributed by atoms with van der Waals surface area (Å²) >= 11 is 5.27. The molecule has 6 heteroatoms. The van der Waals surface area contributed by atoms with E-state index in [0.29, 0.717) is 0 Å². The minimum atomic E-state index is 0.780. The zero-order chi connectivity index (χ0) is 12.4. The number of thiazole rings is 1. The molecule has 0 spiro atoms. The van der Waals surface area contributed by atoms with Crippen LogP contribution in [0.1, 0.15) is 0 Å². The van der Waals surface area contributed by atoms with Crippen molar-refractivity contribution in [3.05, 3.63) is 28.3 Å². The van der Waals surface area contributed by atoms with Gasteiger partial charge in [-0.05, 0) is 28.1 Å². The van der Waals surface area contributed by atoms with Crippen LogP contribution in [0.3, 0.4) is 0 Å². The molecule has 18 heavy (non-hydrogen) atoms. The standard InChI is InChI=1S/C12H12BrN3OS/c13-11-10(9-1-3-14-4-2-9)15-12(18-11)16-5-7-17-8-6-16/h1-4H,5-8H2. The lowest BCUT2D eigenvalue weighted by Gasteiger charge is -2.25. The fraction of sp³-hybridized carbons (Fsp3) is 0.333. The molecule has 3 rings (SSSR count). The number of hydrogen-bond donors (Lipinski definition) is 0. The van der Waals surface area contributed by atoms with E-state index in [9.17, 15) is 0 Å². The molecule has 1 fully saturated rings. The number of pyridine rings is 1. The van der Waals surface area contributed by atoms with E-state index in [0.717, 1.165) is 46.5 Å². The molecule has 3 heterocycles. The van der Waals surface area contributed by atoms with E-state index in [4.69, 9.17) is 9.72 Å². The summed E-state index contributed by atoms with van der Waals surface area (Å²) in [5, 5.41) is 1.05. The summed E-state index contributed by atoms with van der Waals surface area (Å²) in [6.45, 7) is 3.38. The van der Waals surface area contributed by atoms with Crippen LogP contribution in [0, 0.1) is 0 Å². The second-order valence-corrected chi connectivity index (χ2v) is 6.25. The molecule has 4 nitrogen and oxygen atoms in total. The minimum absolute atomic E-state index is 0.780. The molecule has 94 valence electrons. The quantitative estimate of drug-likeness (QED) is 0.851. The summed E-state index contributed by atoms with van der Waals surface area (Å²) in [4.78, 5) is 11.0. The number of halogens is 1. The van der Waals surface area contributed by atoms with Crippen molar-refractivity contribution < 1.29 is 4.74 Å². The number of morpholine rings is 1. The van der Waals surface area contributed by atoms with Crippen LogP contribution in [0.5, 0.6) is 0 Å². The average Bonchev–Trinajstić information content (AvgIpc) is 2.83. The summed E-state index contributed by atoms with van der Waals surface area (Å²) in [6, 6.07) is 3.95. The Morgan fingerprint density at radius 1 is 1.22 bits per heavy atom. The second-order valence-electron chi connectivity index (χ2n) is 3.95. The summed E-state index contributed by atoms with van der Waals surface area (Å²) < 4.78 is 6.42. The molecular formula is C12H12BrN3OS. The Bertz CT molecular complexity index is 525. The van der Waals surface area contributed by atoms with E-state index in [2.05, 4.69) is 25.8 Å². The Hall–Kier alpha value is -0.980. The zero-order valence-electron chi connectivity index (χ0n) is 9.67. The van der Waals surface area contributed by atoms with E-state index in [1.54, 1.807) is 23.7 Å². The number of nitrogens with zero attached hydrogens (tertiary/aromatic N) is 3. The third-order valence-electron chi connectivity index (χ3n) is 2.81. The first-order valence-electron chi connectivity index (χ1n) is 5.74. The molecule has 0 unspecified atom stereocenters. The van der Waals surface area contributed by atoms with E-state index in [1.165, 1.54) is 0 Å². The SMILES string of the molecule is Brc1sc(N2CCOCC2)nc1-c1ccncc1. The van der Waals surface area contributed by atoms with E-state index in [1.807, 2.05) is 12.1 Å². The van der Waals surface area contributed by atoms with Gasteiger partial charge in [0.1, 0.15) is 0 Å². The first-order valence-corrected chi connectivity index (χ1v) is 7.35. The van der Waals surface area contributed by atoms with E-state index >= 15 is 0 Å². The van der Waals surface area contributed by atoms with Gasteiger partial charge in [0.2, 0.25) is 0 Å². The van der Waals surface area contributed by atoms with Crippen LogP contribution in [0.25, 0.3) is 11.3 Å². The van der Waals surface area contributed by atoms with Crippen LogP contribution >= 0.6 is 27.3 Å². The fourth-order valence-electron chi connectivity index (χ4n) is 1.87. The Morgan fingerprint density at radius 2 is 1.94 bits per heavy atom. The van der Waals surface area contributed by atoms with Crippen LogP contribution in [0.4, 0.5) is 5.13 Å². The van der Waals surface area contributed by atoms with Crippen LogP contribution < -0.4 is 4.90 Å². The van der Waals surface area contributed by atoms with Crippen LogP contribution in [0.2, 0.25) is 0 Å². The molecule has 0 saturated carbocycles. The number of ether oxygens (including phenoxy) is 1. The van der Waals surface area contributed by atoms with Gasteiger partial charge in [0, 0.05) is 31.0 Å². The Morgan fingerprint density at radius 3 is 2.67 bits per heavy atom. The lowest BCUT2D eigenvalue weighted by molar-refractivity contribution is 0.122. The maximum atomic E-state index is 5.36. The molecular weight excluding hydrogens is 314 g/mol. The Labute approximate surface area is 118 Å². The highest BCUT2D eigenvalue weighted by Crippen LogP contribution is 2.37. The van der Waals surface area contributed by atoms with Gasteiger partial charge in [-0.15, -0.1) is 0 Å². The summed E-state index contributed by atoms with van der Waals surface area (Å²) in [6.07, 6.45) is 3.57. The van der Waals surface area contributed by atoms with Crippen molar-refractivity contribution in [3.8, 4) is 11.3 Å². The third kappa shape index (κ3) is 2.41. The van der Waals surface area contributed by atoms with Gasteiger partial charge in [-0.2, -0.15) is 0 Å². The first-order chi connectivity index (χ1) is 8.84. The van der Waals surface area contributed by atoms with Gasteiger partial charge in [-0.25, -0.2) is 4.98 Å². The lowest BCUT2D eigenvalue weighted by Crippen LogP contribution is -2.36. The topological polar surface area (TPSA) is 38.2 Å². The summed E-state index contributed by atoms with van der Waals surface area (Å²) in [5.41, 5.74) is 2.08. The lowest BCUT2D eigenvalue weighted by atomic mass is 10.2. The monoisotopic (exact) mass is 325 g/mol. The average molecular weight is 326 g/mol. The minimum Gasteiger partial charge on any atom is -0.378 e. The maximum Gasteiger partial charge on any atom is 0.187 e. The highest BCUT2D eigenvalue weighted by Gasteiger charge is 2.18. The van der Waals surface area contributed by atoms with Gasteiger partial charge < -0.3 is 9.64 Å². The molecule has 0 aliphatic carbocycles. The van der Waals surface area contributed by atoms with Gasteiger partial charge in [-0.3, -0.25) is 4.98 Å². The van der Waals surface area contributed by atoms with Gasteiger partial charge >= 0.3 is 0 Å². The predicted octanol–water partition coefficient (Wildman–Crippen LogP) is 2.80. The highest BCUT2D eigenvalue weighted by molar-refractivity contribution is 9.11. The largest absolute Gasteiger partial charge is 0.378 e. The molecule has 0 aromatic carbocycles. The molecule has 1 saturated heterocycles. The smallest absolute Gasteiger partial charge is 0.187 e. The van der Waals surface area contributed by atoms with E-state index in [-0.39, 0.29) is 0 Å². The van der Waals surface area contributed by atoms with Gasteiger partial charge in [-0.1, -0.05) is 11.3 Å². The van der Waals surface area contributed by atoms with Crippen molar-refractivity contribution in [3.63, 3.8) is 0 Å². The van der Waals surface area contributed by atoms with Crippen LogP contribution in [0.15, 0.2) is 28.3 Å². The van der Waals surface area contributed by atoms with Gasteiger partial charge in [0.15, 0.2) is 5.13 Å². The number of aromatic nitrogens is 2. The van der Waals surface area contributed by atoms with Gasteiger partial charge in [0.05, 0.1) is 22.7 Å². The molecule has 0 N–H and O–H groups in total. The summed E-state index contributed by atoms with van der Waals surface area (Å²) in [5.74, 6) is 0. The number of rotatable bonds is 2. The number of anilines is 1. The molecule has 2 aromatic heterocycles. The van der Waals surface area contributed by atoms with Gasteiger partial charge in [0.25, 0.3) is 0 Å². The third-order valence-corrected chi connectivity index (χ3v) is 4.58. The molecule has 2 aromatic rings. The molecule has 0 atom stereocenters. The normalized spacial score (nSPS) is 15.9. The molecule has 0 radical (unpaired) electrons. The Kier molecular flexibility index (Phi) is 3.58. The number of hydrogen-bond acceptors (Lipinski definition) is 5. The summed E-state index contributed by atoms with van der Waals surface area (Å²) in [7, 11) is 0. The molecule has 1 aliphatic heterocycles. The van der Waals surface area contributed by atoms with E-state index < -0.39 is 0 Å². The van der Waals surface area contributed by atoms with Crippen molar-refractivity contribution in [1.29, 1.82) is 0 Å². The second kappa shape index (κ2) is 5.34. The van der Waals surface area contributed by atoms with Crippen molar-refractivity contribution in [1.82, 2.24) is 9.97 Å².